The van der Waals surface area contributed by atoms with Crippen molar-refractivity contribution in [2.45, 2.75) is 96.8 Å². The molecule has 0 amide bonds. The molecule has 2 aromatic heterocycles. The van der Waals surface area contributed by atoms with Gasteiger partial charge >= 0.3 is 5.97 Å². The van der Waals surface area contributed by atoms with Crippen molar-refractivity contribution < 1.29 is 19.0 Å². The number of aryl methyl sites for hydroxylation is 2. The van der Waals surface area contributed by atoms with Gasteiger partial charge in [0.2, 0.25) is 5.78 Å². The highest BCUT2D eigenvalue weighted by Crippen LogP contribution is 2.38. The highest BCUT2D eigenvalue weighted by Gasteiger charge is 2.37. The molecule has 1 unspecified atom stereocenters. The summed E-state index contributed by atoms with van der Waals surface area (Å²) in [4.78, 5) is 30.6. The maximum atomic E-state index is 15.7. The largest absolute Gasteiger partial charge is 0.479 e. The van der Waals surface area contributed by atoms with Crippen LogP contribution in [0.15, 0.2) is 47.3 Å². The third-order valence-electron chi connectivity index (χ3n) is 8.71. The first kappa shape index (κ1) is 31.1. The van der Waals surface area contributed by atoms with E-state index >= 15 is 4.39 Å². The fraction of sp³-hybridized carbons (Fsp3) is 0.441. The van der Waals surface area contributed by atoms with Crippen molar-refractivity contribution in [2.24, 2.45) is 0 Å². The molecule has 0 spiro atoms. The van der Waals surface area contributed by atoms with Gasteiger partial charge in [-0.3, -0.25) is 9.36 Å². The smallest absolute Gasteiger partial charge is 0.332 e. The zero-order valence-electron chi connectivity index (χ0n) is 25.6. The molecule has 9 nitrogen and oxygen atoms in total. The summed E-state index contributed by atoms with van der Waals surface area (Å²) in [5, 5.41) is 23.7. The standard InChI is InChI=1S/C34H38FN5O4/c1-5-9-29-27(18-23-13-12-22(19-28(23)35)26-11-8-7-10-24(26)20-36)31(41)39(33-37-21(3)38-40(29)33)25-14-16-34(4,17-15-25)44-30(6-2)32(42)43/h7-8,10-13,19,25,30H,5-6,9,14-18H2,1-4H3,(H,42,43). The lowest BCUT2D eigenvalue weighted by Gasteiger charge is -2.39. The molecule has 2 aromatic carbocycles. The van der Waals surface area contributed by atoms with Crippen LogP contribution in [0.5, 0.6) is 0 Å². The van der Waals surface area contributed by atoms with Gasteiger partial charge in [0.15, 0.2) is 6.10 Å². The van der Waals surface area contributed by atoms with Crippen LogP contribution in [0.4, 0.5) is 4.39 Å². The first-order chi connectivity index (χ1) is 21.1. The summed E-state index contributed by atoms with van der Waals surface area (Å²) in [6, 6.07) is 13.9. The number of hydrogen-bond acceptors (Lipinski definition) is 6. The molecule has 2 heterocycles. The zero-order valence-corrected chi connectivity index (χ0v) is 25.6. The Morgan fingerprint density at radius 1 is 1.23 bits per heavy atom. The van der Waals surface area contributed by atoms with Crippen LogP contribution < -0.4 is 5.56 Å². The summed E-state index contributed by atoms with van der Waals surface area (Å²) < 4.78 is 25.2. The molecule has 0 radical (unpaired) electrons. The lowest BCUT2D eigenvalue weighted by molar-refractivity contribution is -0.167. The number of ether oxygens (including phenoxy) is 1. The summed E-state index contributed by atoms with van der Waals surface area (Å²) in [7, 11) is 0. The van der Waals surface area contributed by atoms with E-state index in [1.165, 1.54) is 6.07 Å². The minimum atomic E-state index is -0.974. The van der Waals surface area contributed by atoms with Crippen LogP contribution in [0.3, 0.4) is 0 Å². The number of rotatable bonds is 10. The summed E-state index contributed by atoms with van der Waals surface area (Å²) >= 11 is 0. The highest BCUT2D eigenvalue weighted by atomic mass is 19.1. The van der Waals surface area contributed by atoms with Gasteiger partial charge in [0.25, 0.3) is 5.56 Å². The average molecular weight is 600 g/mol. The molecule has 0 bridgehead atoms. The van der Waals surface area contributed by atoms with Crippen molar-refractivity contribution in [2.75, 3.05) is 0 Å². The topological polar surface area (TPSA) is 123 Å². The van der Waals surface area contributed by atoms with Gasteiger partial charge in [-0.05, 0) is 81.2 Å². The predicted molar refractivity (Wildman–Crippen MR) is 164 cm³/mol. The van der Waals surface area contributed by atoms with Crippen LogP contribution in [0.25, 0.3) is 16.9 Å². The lowest BCUT2D eigenvalue weighted by Crippen LogP contribution is -2.42. The van der Waals surface area contributed by atoms with E-state index < -0.39 is 23.5 Å². The summed E-state index contributed by atoms with van der Waals surface area (Å²) in [5.41, 5.74) is 2.46. The third kappa shape index (κ3) is 6.02. The number of fused-ring (bicyclic) bond motifs is 1. The van der Waals surface area contributed by atoms with E-state index in [0.717, 1.165) is 12.1 Å². The molecule has 44 heavy (non-hydrogen) atoms. The van der Waals surface area contributed by atoms with E-state index in [0.29, 0.717) is 77.9 Å². The lowest BCUT2D eigenvalue weighted by atomic mass is 9.83. The van der Waals surface area contributed by atoms with Gasteiger partial charge in [0, 0.05) is 18.0 Å². The SMILES string of the molecule is CCCc1c(Cc2ccc(-c3ccccc3C#N)cc2F)c(=O)n(C2CCC(C)(OC(CC)C(=O)O)CC2)c2nc(C)nn12. The van der Waals surface area contributed by atoms with Gasteiger partial charge in [-0.25, -0.2) is 13.7 Å². The monoisotopic (exact) mass is 599 g/mol. The van der Waals surface area contributed by atoms with E-state index in [-0.39, 0.29) is 18.0 Å². The normalized spacial score (nSPS) is 19.1. The molecule has 0 saturated heterocycles. The van der Waals surface area contributed by atoms with Gasteiger partial charge in [-0.15, -0.1) is 0 Å². The number of carboxylic acids is 1. The van der Waals surface area contributed by atoms with Crippen LogP contribution >= 0.6 is 0 Å². The van der Waals surface area contributed by atoms with Gasteiger partial charge in [0.1, 0.15) is 11.6 Å². The Bertz CT molecular complexity index is 1800. The summed E-state index contributed by atoms with van der Waals surface area (Å²) in [5.74, 6) is -0.419. The van der Waals surface area contributed by atoms with Crippen LogP contribution in [0, 0.1) is 24.1 Å². The molecule has 10 heteroatoms. The van der Waals surface area contributed by atoms with E-state index in [1.54, 1.807) is 53.3 Å². The molecule has 5 rings (SSSR count). The molecule has 1 atom stereocenters. The van der Waals surface area contributed by atoms with Gasteiger partial charge in [0.05, 0.1) is 22.9 Å². The maximum Gasteiger partial charge on any atom is 0.332 e. The fourth-order valence-corrected chi connectivity index (χ4v) is 6.35. The number of carboxylic acid groups (broad SMARTS) is 1. The second kappa shape index (κ2) is 12.7. The van der Waals surface area contributed by atoms with E-state index in [4.69, 9.17) is 4.74 Å². The maximum absolute atomic E-state index is 15.7. The first-order valence-corrected chi connectivity index (χ1v) is 15.3. The van der Waals surface area contributed by atoms with Gasteiger partial charge in [-0.2, -0.15) is 15.3 Å². The summed E-state index contributed by atoms with van der Waals surface area (Å²) in [6.07, 6.45) is 3.28. The second-order valence-electron chi connectivity index (χ2n) is 11.9. The number of hydrogen-bond donors (Lipinski definition) is 1. The molecular formula is C34H38FN5O4. The van der Waals surface area contributed by atoms with Gasteiger partial charge < -0.3 is 9.84 Å². The van der Waals surface area contributed by atoms with E-state index in [1.807, 2.05) is 19.9 Å². The summed E-state index contributed by atoms with van der Waals surface area (Å²) in [6.45, 7) is 7.54. The third-order valence-corrected chi connectivity index (χ3v) is 8.71. The zero-order chi connectivity index (χ0) is 31.6. The van der Waals surface area contributed by atoms with Crippen molar-refractivity contribution in [1.29, 1.82) is 5.26 Å². The Morgan fingerprint density at radius 3 is 2.59 bits per heavy atom. The Balaban J connectivity index is 1.53. The number of carbonyl (C=O) groups is 1. The van der Waals surface area contributed by atoms with Crippen LogP contribution in [0.1, 0.15) is 93.5 Å². The Hall–Kier alpha value is -4.36. The highest BCUT2D eigenvalue weighted by molar-refractivity contribution is 5.72. The van der Waals surface area contributed by atoms with Crippen molar-refractivity contribution in [3.05, 3.63) is 86.8 Å². The van der Waals surface area contributed by atoms with Crippen LogP contribution in [0.2, 0.25) is 0 Å². The molecule has 1 aliphatic carbocycles. The molecule has 4 aromatic rings. The fourth-order valence-electron chi connectivity index (χ4n) is 6.35. The quantitative estimate of drug-likeness (QED) is 0.231. The van der Waals surface area contributed by atoms with Crippen molar-refractivity contribution in [1.82, 2.24) is 19.2 Å². The second-order valence-corrected chi connectivity index (χ2v) is 11.9. The Kier molecular flexibility index (Phi) is 8.97. The van der Waals surface area contributed by atoms with E-state index in [2.05, 4.69) is 16.2 Å². The first-order valence-electron chi connectivity index (χ1n) is 15.3. The van der Waals surface area contributed by atoms with Gasteiger partial charge in [-0.1, -0.05) is 50.6 Å². The number of benzene rings is 2. The Morgan fingerprint density at radius 2 is 1.95 bits per heavy atom. The molecule has 230 valence electrons. The molecular weight excluding hydrogens is 561 g/mol. The van der Waals surface area contributed by atoms with Crippen molar-refractivity contribution >= 4 is 11.7 Å². The number of nitriles is 1. The number of aromatic nitrogens is 4. The molecule has 1 saturated carbocycles. The Labute approximate surface area is 255 Å². The van der Waals surface area contributed by atoms with Crippen molar-refractivity contribution in [3.8, 4) is 17.2 Å². The predicted octanol–water partition coefficient (Wildman–Crippen LogP) is 6.17. The minimum Gasteiger partial charge on any atom is -0.479 e. The minimum absolute atomic E-state index is 0.0827. The number of aliphatic carboxylic acids is 1. The van der Waals surface area contributed by atoms with Crippen molar-refractivity contribution in [3.63, 3.8) is 0 Å². The number of halogens is 1. The molecule has 1 fully saturated rings. The molecule has 1 aliphatic rings. The molecule has 1 N–H and O–H groups in total. The number of nitrogens with zero attached hydrogens (tertiary/aromatic N) is 5. The average Bonchev–Trinajstić information content (AvgIpc) is 3.40. The van der Waals surface area contributed by atoms with Crippen LogP contribution in [-0.4, -0.2) is 41.9 Å². The molecule has 0 aliphatic heterocycles. The van der Waals surface area contributed by atoms with Crippen LogP contribution in [-0.2, 0) is 22.4 Å². The van der Waals surface area contributed by atoms with E-state index in [9.17, 15) is 20.0 Å².